The monoisotopic (exact) mass is 420 g/mol. The van der Waals surface area contributed by atoms with Gasteiger partial charge in [0.1, 0.15) is 0 Å². The van der Waals surface area contributed by atoms with Crippen molar-refractivity contribution in [2.24, 2.45) is 0 Å². The molecule has 9 heteroatoms. The first-order valence-electron chi connectivity index (χ1n) is 9.61. The summed E-state index contributed by atoms with van der Waals surface area (Å²) in [5.74, 6) is 0.0954. The fourth-order valence-corrected chi connectivity index (χ4v) is 5.57. The second kappa shape index (κ2) is 7.71. The third-order valence-corrected chi connectivity index (χ3v) is 7.12. The average Bonchev–Trinajstić information content (AvgIpc) is 3.31. The first kappa shape index (κ1) is 19.2. The molecule has 0 radical (unpaired) electrons. The standard InChI is InChI=1S/C19H24N4O3S2/c20-11-16(18-21-8-3-9-26-18)28(24,25)23-19(27)22-17-14-6-1-4-12(14)10-13-5-2-7-15(13)17/h10-11,20-21H,1-9H2,(H2,22,23,27)/b18-16-,20-11?. The molecule has 4 N–H and O–H groups in total. The van der Waals surface area contributed by atoms with E-state index in [2.05, 4.69) is 21.4 Å². The predicted molar refractivity (Wildman–Crippen MR) is 113 cm³/mol. The zero-order chi connectivity index (χ0) is 19.7. The molecule has 3 aliphatic rings. The van der Waals surface area contributed by atoms with Crippen molar-refractivity contribution in [2.75, 3.05) is 18.5 Å². The Bertz CT molecular complexity index is 930. The Balaban J connectivity index is 1.58. The van der Waals surface area contributed by atoms with Crippen LogP contribution < -0.4 is 15.4 Å². The van der Waals surface area contributed by atoms with Crippen molar-refractivity contribution in [3.8, 4) is 0 Å². The van der Waals surface area contributed by atoms with Gasteiger partial charge >= 0.3 is 0 Å². The summed E-state index contributed by atoms with van der Waals surface area (Å²) in [4.78, 5) is -0.250. The van der Waals surface area contributed by atoms with Gasteiger partial charge in [0.05, 0.1) is 6.61 Å². The zero-order valence-corrected chi connectivity index (χ0v) is 17.2. The van der Waals surface area contributed by atoms with Gasteiger partial charge in [0.2, 0.25) is 5.88 Å². The van der Waals surface area contributed by atoms with Crippen molar-refractivity contribution in [1.29, 1.82) is 5.41 Å². The largest absolute Gasteiger partial charge is 0.478 e. The minimum absolute atomic E-state index is 0.0187. The number of aryl methyl sites for hydroxylation is 2. The van der Waals surface area contributed by atoms with Gasteiger partial charge in [-0.05, 0) is 79.4 Å². The first-order valence-corrected chi connectivity index (χ1v) is 11.5. The molecule has 1 fully saturated rings. The summed E-state index contributed by atoms with van der Waals surface area (Å²) >= 11 is 5.33. The van der Waals surface area contributed by atoms with Crippen molar-refractivity contribution in [3.63, 3.8) is 0 Å². The van der Waals surface area contributed by atoms with E-state index in [9.17, 15) is 8.42 Å². The van der Waals surface area contributed by atoms with E-state index in [1.807, 2.05) is 0 Å². The molecule has 1 heterocycles. The van der Waals surface area contributed by atoms with E-state index in [0.717, 1.165) is 56.8 Å². The number of nitrogens with one attached hydrogen (secondary N) is 4. The lowest BCUT2D eigenvalue weighted by Crippen LogP contribution is -2.38. The van der Waals surface area contributed by atoms with Crippen molar-refractivity contribution in [1.82, 2.24) is 10.0 Å². The molecule has 2 aliphatic carbocycles. The Morgan fingerprint density at radius 3 is 2.39 bits per heavy atom. The van der Waals surface area contributed by atoms with Crippen molar-refractivity contribution in [2.45, 2.75) is 44.9 Å². The molecule has 1 aromatic carbocycles. The number of benzene rings is 1. The van der Waals surface area contributed by atoms with Crippen molar-refractivity contribution < 1.29 is 13.2 Å². The minimum Gasteiger partial charge on any atom is -0.478 e. The quantitative estimate of drug-likeness (QED) is 0.439. The number of thiocarbonyl (C=S) groups is 1. The summed E-state index contributed by atoms with van der Waals surface area (Å²) in [7, 11) is -4.02. The fraction of sp³-hybridized carbons (Fsp3) is 0.474. The van der Waals surface area contributed by atoms with Gasteiger partial charge in [0, 0.05) is 18.4 Å². The van der Waals surface area contributed by atoms with Crippen LogP contribution in [0.2, 0.25) is 0 Å². The molecule has 150 valence electrons. The van der Waals surface area contributed by atoms with E-state index >= 15 is 0 Å². The molecule has 4 rings (SSSR count). The van der Waals surface area contributed by atoms with Gasteiger partial charge < -0.3 is 20.8 Å². The summed E-state index contributed by atoms with van der Waals surface area (Å²) in [5, 5.41) is 13.6. The van der Waals surface area contributed by atoms with Crippen molar-refractivity contribution in [3.05, 3.63) is 39.1 Å². The number of rotatable bonds is 4. The molecule has 0 unspecified atom stereocenters. The van der Waals surface area contributed by atoms with Gasteiger partial charge in [0.15, 0.2) is 10.0 Å². The molecule has 1 saturated heterocycles. The number of ether oxygens (including phenoxy) is 1. The highest BCUT2D eigenvalue weighted by atomic mass is 32.2. The molecule has 0 bridgehead atoms. The van der Waals surface area contributed by atoms with Crippen LogP contribution in [0.25, 0.3) is 0 Å². The number of hydrogen-bond donors (Lipinski definition) is 4. The summed E-state index contributed by atoms with van der Waals surface area (Å²) < 4.78 is 33.3. The summed E-state index contributed by atoms with van der Waals surface area (Å²) in [6, 6.07) is 2.31. The lowest BCUT2D eigenvalue weighted by atomic mass is 9.99. The SMILES string of the molecule is N=C/C(=C1\NCCCO1)S(=O)(=O)NC(=S)Nc1c2c(cc3c1CCC3)CCC2. The number of fused-ring (bicyclic) bond motifs is 2. The molecular formula is C19H24N4O3S2. The lowest BCUT2D eigenvalue weighted by Gasteiger charge is -2.21. The molecule has 1 aliphatic heterocycles. The molecular weight excluding hydrogens is 396 g/mol. The summed E-state index contributed by atoms with van der Waals surface area (Å²) in [5.41, 5.74) is 6.17. The summed E-state index contributed by atoms with van der Waals surface area (Å²) in [6.45, 7) is 1.02. The van der Waals surface area contributed by atoms with Gasteiger partial charge in [0.25, 0.3) is 10.0 Å². The van der Waals surface area contributed by atoms with Crippen LogP contribution in [-0.4, -0.2) is 32.9 Å². The highest BCUT2D eigenvalue weighted by Gasteiger charge is 2.27. The number of hydrogen-bond acceptors (Lipinski definition) is 6. The van der Waals surface area contributed by atoms with Crippen LogP contribution in [0.15, 0.2) is 16.9 Å². The van der Waals surface area contributed by atoms with Crippen LogP contribution in [0, 0.1) is 5.41 Å². The van der Waals surface area contributed by atoms with E-state index < -0.39 is 10.0 Å². The molecule has 7 nitrogen and oxygen atoms in total. The third kappa shape index (κ3) is 3.60. The maximum absolute atomic E-state index is 12.8. The Morgan fingerprint density at radius 1 is 1.14 bits per heavy atom. The van der Waals surface area contributed by atoms with E-state index in [0.29, 0.717) is 13.2 Å². The number of anilines is 1. The molecule has 0 spiro atoms. The Kier molecular flexibility index (Phi) is 5.29. The average molecular weight is 421 g/mol. The lowest BCUT2D eigenvalue weighted by molar-refractivity contribution is 0.157. The number of allylic oxidation sites excluding steroid dienone is 1. The molecule has 0 saturated carbocycles. The highest BCUT2D eigenvalue weighted by Crippen LogP contribution is 2.38. The first-order chi connectivity index (χ1) is 13.5. The topological polar surface area (TPSA) is 103 Å². The van der Waals surface area contributed by atoms with E-state index in [4.69, 9.17) is 22.4 Å². The maximum atomic E-state index is 12.8. The highest BCUT2D eigenvalue weighted by molar-refractivity contribution is 7.96. The smallest absolute Gasteiger partial charge is 0.270 e. The number of sulfonamides is 1. The Labute approximate surface area is 170 Å². The summed E-state index contributed by atoms with van der Waals surface area (Å²) in [6.07, 6.45) is 7.85. The van der Waals surface area contributed by atoms with E-state index in [1.165, 1.54) is 22.3 Å². The second-order valence-electron chi connectivity index (χ2n) is 7.26. The van der Waals surface area contributed by atoms with Gasteiger partial charge in [-0.1, -0.05) is 6.07 Å². The van der Waals surface area contributed by atoms with Crippen molar-refractivity contribution >= 4 is 39.3 Å². The van der Waals surface area contributed by atoms with Crippen LogP contribution in [0.3, 0.4) is 0 Å². The van der Waals surface area contributed by atoms with Gasteiger partial charge in [-0.2, -0.15) is 0 Å². The predicted octanol–water partition coefficient (Wildman–Crippen LogP) is 2.11. The maximum Gasteiger partial charge on any atom is 0.270 e. The molecule has 0 aromatic heterocycles. The third-order valence-electron chi connectivity index (χ3n) is 5.44. The van der Waals surface area contributed by atoms with Gasteiger partial charge in [-0.25, -0.2) is 8.42 Å². The van der Waals surface area contributed by atoms with Crippen LogP contribution in [0.1, 0.15) is 41.5 Å². The van der Waals surface area contributed by atoms with E-state index in [-0.39, 0.29) is 15.9 Å². The molecule has 1 aromatic rings. The van der Waals surface area contributed by atoms with Crippen LogP contribution in [0.4, 0.5) is 5.69 Å². The van der Waals surface area contributed by atoms with Crippen LogP contribution in [-0.2, 0) is 40.4 Å². The second-order valence-corrected chi connectivity index (χ2v) is 9.32. The Morgan fingerprint density at radius 2 is 1.82 bits per heavy atom. The minimum atomic E-state index is -4.02. The Hall–Kier alpha value is -2.13. The van der Waals surface area contributed by atoms with Gasteiger partial charge in [-0.15, -0.1) is 0 Å². The molecule has 28 heavy (non-hydrogen) atoms. The molecule has 0 atom stereocenters. The van der Waals surface area contributed by atoms with E-state index in [1.54, 1.807) is 0 Å². The van der Waals surface area contributed by atoms with Crippen LogP contribution in [0.5, 0.6) is 0 Å². The molecule has 0 amide bonds. The zero-order valence-electron chi connectivity index (χ0n) is 15.6. The van der Waals surface area contributed by atoms with Crippen LogP contribution >= 0.6 is 12.2 Å². The van der Waals surface area contributed by atoms with Gasteiger partial charge in [-0.3, -0.25) is 4.72 Å². The fourth-order valence-electron chi connectivity index (χ4n) is 4.21. The normalized spacial score (nSPS) is 19.7.